The predicted octanol–water partition coefficient (Wildman–Crippen LogP) is 0.665. The van der Waals surface area contributed by atoms with Gasteiger partial charge in [0.05, 0.1) is 5.37 Å². The molecular formula is C8H13N3OS. The Bertz CT molecular complexity index is 277. The molecule has 0 spiro atoms. The molecule has 2 heterocycles. The van der Waals surface area contributed by atoms with Gasteiger partial charge in [-0.05, 0) is 6.92 Å². The molecule has 0 fully saturated rings. The number of thioether (sulfide) groups is 1. The van der Waals surface area contributed by atoms with Gasteiger partial charge in [0.25, 0.3) is 0 Å². The number of carbonyl (C=O) groups is 1. The van der Waals surface area contributed by atoms with Crippen molar-refractivity contribution in [2.24, 2.45) is 5.73 Å². The van der Waals surface area contributed by atoms with E-state index in [1.807, 2.05) is 6.92 Å². The Kier molecular flexibility index (Phi) is 2.21. The molecule has 72 valence electrons. The second-order valence-corrected chi connectivity index (χ2v) is 4.63. The summed E-state index contributed by atoms with van der Waals surface area (Å²) in [5, 5.41) is 3.45. The Morgan fingerprint density at radius 2 is 2.54 bits per heavy atom. The maximum atomic E-state index is 11.1. The minimum atomic E-state index is -0.327. The average molecular weight is 199 g/mol. The Labute approximate surface area is 81.5 Å². The van der Waals surface area contributed by atoms with Gasteiger partial charge >= 0.3 is 6.03 Å². The van der Waals surface area contributed by atoms with Crippen LogP contribution in [0.2, 0.25) is 0 Å². The Morgan fingerprint density at radius 3 is 3.23 bits per heavy atom. The lowest BCUT2D eigenvalue weighted by Crippen LogP contribution is -2.38. The van der Waals surface area contributed by atoms with E-state index in [1.165, 1.54) is 4.91 Å². The molecule has 2 aliphatic rings. The SMILES string of the molecule is CC1SC2=C(CCNC2)N1C(N)=O. The van der Waals surface area contributed by atoms with Crippen LogP contribution in [0, 0.1) is 0 Å². The number of urea groups is 1. The minimum Gasteiger partial charge on any atom is -0.351 e. The Balaban J connectivity index is 2.26. The third-order valence-corrected chi connectivity index (χ3v) is 3.57. The van der Waals surface area contributed by atoms with Gasteiger partial charge in [-0.15, -0.1) is 11.8 Å². The molecule has 0 bridgehead atoms. The summed E-state index contributed by atoms with van der Waals surface area (Å²) < 4.78 is 0. The fourth-order valence-corrected chi connectivity index (χ4v) is 3.08. The summed E-state index contributed by atoms with van der Waals surface area (Å²) in [7, 11) is 0. The van der Waals surface area contributed by atoms with E-state index in [2.05, 4.69) is 5.32 Å². The van der Waals surface area contributed by atoms with Gasteiger partial charge in [-0.25, -0.2) is 4.79 Å². The number of hydrogen-bond donors (Lipinski definition) is 2. The normalized spacial score (nSPS) is 27.8. The van der Waals surface area contributed by atoms with Crippen LogP contribution in [0.1, 0.15) is 13.3 Å². The number of carbonyl (C=O) groups excluding carboxylic acids is 1. The van der Waals surface area contributed by atoms with Crippen molar-refractivity contribution in [3.63, 3.8) is 0 Å². The molecular weight excluding hydrogens is 186 g/mol. The van der Waals surface area contributed by atoms with Crippen LogP contribution >= 0.6 is 11.8 Å². The summed E-state index contributed by atoms with van der Waals surface area (Å²) in [6.45, 7) is 3.83. The van der Waals surface area contributed by atoms with E-state index >= 15 is 0 Å². The van der Waals surface area contributed by atoms with Crippen molar-refractivity contribution in [2.45, 2.75) is 18.7 Å². The first-order chi connectivity index (χ1) is 6.20. The maximum absolute atomic E-state index is 11.1. The number of nitrogens with zero attached hydrogens (tertiary/aromatic N) is 1. The number of nitrogens with two attached hydrogens (primary N) is 1. The van der Waals surface area contributed by atoms with E-state index in [9.17, 15) is 4.79 Å². The molecule has 3 N–H and O–H groups in total. The zero-order chi connectivity index (χ0) is 9.42. The van der Waals surface area contributed by atoms with Crippen molar-refractivity contribution in [3.05, 3.63) is 10.6 Å². The smallest absolute Gasteiger partial charge is 0.320 e. The quantitative estimate of drug-likeness (QED) is 0.602. The maximum Gasteiger partial charge on any atom is 0.320 e. The van der Waals surface area contributed by atoms with Crippen LogP contribution in [0.3, 0.4) is 0 Å². The zero-order valence-electron chi connectivity index (χ0n) is 7.54. The minimum absolute atomic E-state index is 0.169. The fraction of sp³-hybridized carbons (Fsp3) is 0.625. The lowest BCUT2D eigenvalue weighted by atomic mass is 10.2. The molecule has 0 radical (unpaired) electrons. The molecule has 2 rings (SSSR count). The third kappa shape index (κ3) is 1.42. The van der Waals surface area contributed by atoms with Gasteiger partial charge in [0.2, 0.25) is 0 Å². The van der Waals surface area contributed by atoms with Crippen molar-refractivity contribution in [2.75, 3.05) is 13.1 Å². The summed E-state index contributed by atoms with van der Waals surface area (Å²) in [4.78, 5) is 14.1. The van der Waals surface area contributed by atoms with Crippen molar-refractivity contribution < 1.29 is 4.79 Å². The number of rotatable bonds is 0. The summed E-state index contributed by atoms with van der Waals surface area (Å²) >= 11 is 1.73. The topological polar surface area (TPSA) is 58.4 Å². The van der Waals surface area contributed by atoms with Crippen LogP contribution < -0.4 is 11.1 Å². The molecule has 0 aromatic heterocycles. The number of hydrogen-bond acceptors (Lipinski definition) is 3. The van der Waals surface area contributed by atoms with Gasteiger partial charge in [0.15, 0.2) is 0 Å². The first-order valence-corrected chi connectivity index (χ1v) is 5.26. The van der Waals surface area contributed by atoms with Crippen molar-refractivity contribution in [1.82, 2.24) is 10.2 Å². The van der Waals surface area contributed by atoms with Crippen LogP contribution in [0.15, 0.2) is 10.6 Å². The average Bonchev–Trinajstić information content (AvgIpc) is 2.39. The first kappa shape index (κ1) is 8.90. The molecule has 2 aliphatic heterocycles. The fourth-order valence-electron chi connectivity index (χ4n) is 1.80. The van der Waals surface area contributed by atoms with Gasteiger partial charge in [0, 0.05) is 30.1 Å². The van der Waals surface area contributed by atoms with Gasteiger partial charge in [0.1, 0.15) is 0 Å². The van der Waals surface area contributed by atoms with Crippen LogP contribution in [-0.2, 0) is 0 Å². The van der Waals surface area contributed by atoms with Crippen LogP contribution in [0.5, 0.6) is 0 Å². The molecule has 13 heavy (non-hydrogen) atoms. The second-order valence-electron chi connectivity index (χ2n) is 3.22. The standard InChI is InChI=1S/C8H13N3OS/c1-5-11(8(9)12)6-2-3-10-4-7(6)13-5/h5,10H,2-4H2,1H3,(H2,9,12). The van der Waals surface area contributed by atoms with E-state index in [4.69, 9.17) is 5.73 Å². The molecule has 4 nitrogen and oxygen atoms in total. The summed E-state index contributed by atoms with van der Waals surface area (Å²) in [5.41, 5.74) is 6.44. The number of amides is 2. The van der Waals surface area contributed by atoms with Gasteiger partial charge < -0.3 is 11.1 Å². The molecule has 2 amide bonds. The number of primary amides is 1. The van der Waals surface area contributed by atoms with Crippen LogP contribution in [0.25, 0.3) is 0 Å². The zero-order valence-corrected chi connectivity index (χ0v) is 8.36. The van der Waals surface area contributed by atoms with Gasteiger partial charge in [-0.3, -0.25) is 4.90 Å². The summed E-state index contributed by atoms with van der Waals surface area (Å²) in [6, 6.07) is -0.327. The van der Waals surface area contributed by atoms with Gasteiger partial charge in [-0.2, -0.15) is 0 Å². The molecule has 1 unspecified atom stereocenters. The summed E-state index contributed by atoms with van der Waals surface area (Å²) in [5.74, 6) is 0. The number of nitrogens with one attached hydrogen (secondary N) is 1. The van der Waals surface area contributed by atoms with E-state index < -0.39 is 0 Å². The lowest BCUT2D eigenvalue weighted by Gasteiger charge is -2.23. The molecule has 0 saturated carbocycles. The largest absolute Gasteiger partial charge is 0.351 e. The first-order valence-electron chi connectivity index (χ1n) is 4.38. The van der Waals surface area contributed by atoms with Crippen molar-refractivity contribution in [3.8, 4) is 0 Å². The van der Waals surface area contributed by atoms with Crippen LogP contribution in [0.4, 0.5) is 4.79 Å². The summed E-state index contributed by atoms with van der Waals surface area (Å²) in [6.07, 6.45) is 0.912. The van der Waals surface area contributed by atoms with Crippen molar-refractivity contribution in [1.29, 1.82) is 0 Å². The second kappa shape index (κ2) is 3.23. The molecule has 1 atom stereocenters. The van der Waals surface area contributed by atoms with E-state index in [0.717, 1.165) is 25.2 Å². The molecule has 0 aliphatic carbocycles. The Hall–Kier alpha value is -0.680. The molecule has 0 aromatic rings. The Morgan fingerprint density at radius 1 is 1.77 bits per heavy atom. The highest BCUT2D eigenvalue weighted by Crippen LogP contribution is 2.39. The lowest BCUT2D eigenvalue weighted by molar-refractivity contribution is 0.218. The van der Waals surface area contributed by atoms with Crippen molar-refractivity contribution >= 4 is 17.8 Å². The highest BCUT2D eigenvalue weighted by molar-refractivity contribution is 8.03. The van der Waals surface area contributed by atoms with E-state index in [1.54, 1.807) is 16.7 Å². The third-order valence-electron chi connectivity index (χ3n) is 2.35. The highest BCUT2D eigenvalue weighted by atomic mass is 32.2. The van der Waals surface area contributed by atoms with E-state index in [0.29, 0.717) is 0 Å². The van der Waals surface area contributed by atoms with Gasteiger partial charge in [-0.1, -0.05) is 0 Å². The molecule has 5 heteroatoms. The molecule has 0 saturated heterocycles. The van der Waals surface area contributed by atoms with Crippen LogP contribution in [-0.4, -0.2) is 29.4 Å². The van der Waals surface area contributed by atoms with E-state index in [-0.39, 0.29) is 11.4 Å². The predicted molar refractivity (Wildman–Crippen MR) is 53.0 cm³/mol. The highest BCUT2D eigenvalue weighted by Gasteiger charge is 2.33. The monoisotopic (exact) mass is 199 g/mol. The molecule has 0 aromatic carbocycles.